The number of halogens is 1. The minimum Gasteiger partial charge on any atom is -0.465 e. The van der Waals surface area contributed by atoms with Crippen LogP contribution in [-0.2, 0) is 14.9 Å². The maximum atomic E-state index is 13.7. The first-order valence-corrected chi connectivity index (χ1v) is 8.31. The molecule has 1 N–H and O–H groups in total. The van der Waals surface area contributed by atoms with Crippen molar-refractivity contribution < 1.29 is 18.7 Å². The number of nitrogens with one attached hydrogen (secondary N) is 1. The second-order valence-corrected chi connectivity index (χ2v) is 6.32. The number of benzene rings is 2. The van der Waals surface area contributed by atoms with Crippen LogP contribution in [0.3, 0.4) is 0 Å². The highest BCUT2D eigenvalue weighted by Gasteiger charge is 2.42. The Hall–Kier alpha value is -2.69. The highest BCUT2D eigenvalue weighted by molar-refractivity contribution is 6.00. The maximum Gasteiger partial charge on any atom is 0.337 e. The lowest BCUT2D eigenvalue weighted by Crippen LogP contribution is -2.38. The first-order valence-electron chi connectivity index (χ1n) is 8.31. The van der Waals surface area contributed by atoms with Crippen LogP contribution in [0.15, 0.2) is 48.5 Å². The predicted molar refractivity (Wildman–Crippen MR) is 93.0 cm³/mol. The summed E-state index contributed by atoms with van der Waals surface area (Å²) in [6.07, 6.45) is 3.27. The Morgan fingerprint density at radius 3 is 2.36 bits per heavy atom. The lowest BCUT2D eigenvalue weighted by molar-refractivity contribution is -0.121. The van der Waals surface area contributed by atoms with Gasteiger partial charge in [-0.05, 0) is 54.8 Å². The topological polar surface area (TPSA) is 55.4 Å². The molecule has 0 unspecified atom stereocenters. The highest BCUT2D eigenvalue weighted by Crippen LogP contribution is 2.42. The summed E-state index contributed by atoms with van der Waals surface area (Å²) < 4.78 is 18.3. The molecule has 0 saturated heterocycles. The normalized spacial score (nSPS) is 15.6. The predicted octanol–water partition coefficient (Wildman–Crippen LogP) is 4.06. The fourth-order valence-corrected chi connectivity index (χ4v) is 3.47. The molecule has 4 nitrogen and oxygen atoms in total. The molecule has 130 valence electrons. The average molecular weight is 341 g/mol. The summed E-state index contributed by atoms with van der Waals surface area (Å²) in [4.78, 5) is 24.5. The van der Waals surface area contributed by atoms with Crippen molar-refractivity contribution in [1.82, 2.24) is 0 Å². The fourth-order valence-electron chi connectivity index (χ4n) is 3.47. The number of anilines is 1. The van der Waals surface area contributed by atoms with E-state index in [9.17, 15) is 14.0 Å². The van der Waals surface area contributed by atoms with E-state index in [4.69, 9.17) is 0 Å². The molecule has 1 aliphatic carbocycles. The average Bonchev–Trinajstić information content (AvgIpc) is 3.13. The fraction of sp³-hybridized carbons (Fsp3) is 0.300. The van der Waals surface area contributed by atoms with Crippen molar-refractivity contribution in [2.24, 2.45) is 0 Å². The lowest BCUT2D eigenvalue weighted by atomic mass is 9.78. The summed E-state index contributed by atoms with van der Waals surface area (Å²) in [6.45, 7) is 0. The Morgan fingerprint density at radius 2 is 1.76 bits per heavy atom. The van der Waals surface area contributed by atoms with Gasteiger partial charge in [-0.1, -0.05) is 25.0 Å². The zero-order valence-corrected chi connectivity index (χ0v) is 14.0. The molecule has 0 aromatic heterocycles. The van der Waals surface area contributed by atoms with Gasteiger partial charge in [0.2, 0.25) is 5.91 Å². The molecule has 0 atom stereocenters. The van der Waals surface area contributed by atoms with Crippen molar-refractivity contribution in [3.63, 3.8) is 0 Å². The number of hydrogen-bond acceptors (Lipinski definition) is 3. The van der Waals surface area contributed by atoms with E-state index >= 15 is 0 Å². The smallest absolute Gasteiger partial charge is 0.337 e. The van der Waals surface area contributed by atoms with Crippen molar-refractivity contribution in [3.8, 4) is 0 Å². The molecule has 3 rings (SSSR count). The lowest BCUT2D eigenvalue weighted by Gasteiger charge is -2.28. The summed E-state index contributed by atoms with van der Waals surface area (Å²) in [5.41, 5.74) is 1.03. The number of ether oxygens (including phenoxy) is 1. The van der Waals surface area contributed by atoms with Crippen molar-refractivity contribution in [1.29, 1.82) is 0 Å². The van der Waals surface area contributed by atoms with Gasteiger partial charge in [0.1, 0.15) is 5.82 Å². The molecule has 1 saturated carbocycles. The molecule has 1 fully saturated rings. The summed E-state index contributed by atoms with van der Waals surface area (Å²) in [5, 5.41) is 2.91. The minimum absolute atomic E-state index is 0.138. The van der Waals surface area contributed by atoms with Crippen molar-refractivity contribution in [2.75, 3.05) is 12.4 Å². The van der Waals surface area contributed by atoms with Gasteiger partial charge < -0.3 is 10.1 Å². The zero-order chi connectivity index (χ0) is 17.9. The standard InChI is InChI=1S/C20H20FNO3/c1-25-18(23)14-7-9-17(10-8-14)22-19(24)20(11-2-3-12-20)15-5-4-6-16(21)13-15/h4-10,13H,2-3,11-12H2,1H3,(H,22,24). The van der Waals surface area contributed by atoms with Crippen molar-refractivity contribution in [2.45, 2.75) is 31.1 Å². The Kier molecular flexibility index (Phi) is 4.83. The summed E-state index contributed by atoms with van der Waals surface area (Å²) >= 11 is 0. The van der Waals surface area contributed by atoms with E-state index in [1.54, 1.807) is 30.3 Å². The van der Waals surface area contributed by atoms with Crippen LogP contribution >= 0.6 is 0 Å². The van der Waals surface area contributed by atoms with Crippen LogP contribution in [0.2, 0.25) is 0 Å². The molecular weight excluding hydrogens is 321 g/mol. The summed E-state index contributed by atoms with van der Waals surface area (Å²) in [7, 11) is 1.32. The Labute approximate surface area is 146 Å². The number of rotatable bonds is 4. The Morgan fingerprint density at radius 1 is 1.08 bits per heavy atom. The van der Waals surface area contributed by atoms with Crippen LogP contribution in [0.25, 0.3) is 0 Å². The maximum absolute atomic E-state index is 13.7. The van der Waals surface area contributed by atoms with Crippen molar-refractivity contribution in [3.05, 3.63) is 65.5 Å². The highest BCUT2D eigenvalue weighted by atomic mass is 19.1. The summed E-state index contributed by atoms with van der Waals surface area (Å²) in [6, 6.07) is 12.8. The molecule has 1 amide bonds. The third-order valence-corrected chi connectivity index (χ3v) is 4.83. The number of esters is 1. The van der Waals surface area contributed by atoms with E-state index in [1.807, 2.05) is 6.07 Å². The van der Waals surface area contributed by atoms with Crippen molar-refractivity contribution >= 4 is 17.6 Å². The first kappa shape index (κ1) is 17.1. The van der Waals surface area contributed by atoms with E-state index in [0.29, 0.717) is 29.7 Å². The monoisotopic (exact) mass is 341 g/mol. The van der Waals surface area contributed by atoms with Gasteiger partial charge in [0, 0.05) is 5.69 Å². The molecule has 2 aromatic rings. The van der Waals surface area contributed by atoms with Crippen LogP contribution in [0.5, 0.6) is 0 Å². The molecule has 5 heteroatoms. The van der Waals surface area contributed by atoms with Gasteiger partial charge in [0.05, 0.1) is 18.1 Å². The molecule has 2 aromatic carbocycles. The minimum atomic E-state index is -0.705. The largest absolute Gasteiger partial charge is 0.465 e. The molecule has 0 radical (unpaired) electrons. The molecular formula is C20H20FNO3. The molecule has 0 aliphatic heterocycles. The van der Waals surface area contributed by atoms with Crippen LogP contribution < -0.4 is 5.32 Å². The zero-order valence-electron chi connectivity index (χ0n) is 14.0. The van der Waals surface area contributed by atoms with Gasteiger partial charge in [-0.25, -0.2) is 9.18 Å². The van der Waals surface area contributed by atoms with Gasteiger partial charge in [-0.15, -0.1) is 0 Å². The molecule has 25 heavy (non-hydrogen) atoms. The van der Waals surface area contributed by atoms with Gasteiger partial charge in [-0.2, -0.15) is 0 Å². The number of methoxy groups -OCH3 is 1. The first-order chi connectivity index (χ1) is 12.0. The van der Waals surface area contributed by atoms with Gasteiger partial charge in [0.25, 0.3) is 0 Å². The van der Waals surface area contributed by atoms with E-state index in [-0.39, 0.29) is 11.7 Å². The van der Waals surface area contributed by atoms with Gasteiger partial charge in [0.15, 0.2) is 0 Å². The molecule has 0 bridgehead atoms. The van der Waals surface area contributed by atoms with E-state index in [0.717, 1.165) is 12.8 Å². The number of carbonyl (C=O) groups is 2. The summed E-state index contributed by atoms with van der Waals surface area (Å²) in [5.74, 6) is -0.898. The Bertz CT molecular complexity index is 780. The van der Waals surface area contributed by atoms with Gasteiger partial charge in [-0.3, -0.25) is 4.79 Å². The number of hydrogen-bond donors (Lipinski definition) is 1. The molecule has 1 aliphatic rings. The van der Waals surface area contributed by atoms with Crippen LogP contribution in [-0.4, -0.2) is 19.0 Å². The molecule has 0 spiro atoms. The second kappa shape index (κ2) is 7.05. The van der Waals surface area contributed by atoms with Crippen LogP contribution in [0, 0.1) is 5.82 Å². The van der Waals surface area contributed by atoms with E-state index in [2.05, 4.69) is 10.1 Å². The second-order valence-electron chi connectivity index (χ2n) is 6.32. The Balaban J connectivity index is 1.83. The number of amides is 1. The molecule has 0 heterocycles. The van der Waals surface area contributed by atoms with Gasteiger partial charge >= 0.3 is 5.97 Å². The number of carbonyl (C=O) groups excluding carboxylic acids is 2. The van der Waals surface area contributed by atoms with Crippen LogP contribution in [0.1, 0.15) is 41.6 Å². The SMILES string of the molecule is COC(=O)c1ccc(NC(=O)C2(c3cccc(F)c3)CCCC2)cc1. The third-order valence-electron chi connectivity index (χ3n) is 4.83. The van der Waals surface area contributed by atoms with E-state index < -0.39 is 11.4 Å². The third kappa shape index (κ3) is 3.40. The van der Waals surface area contributed by atoms with E-state index in [1.165, 1.54) is 19.2 Å². The quantitative estimate of drug-likeness (QED) is 0.853. The van der Waals surface area contributed by atoms with Crippen LogP contribution in [0.4, 0.5) is 10.1 Å².